The molecule has 130 valence electrons. The standard InChI is InChI=1S/C21H15Cl2NO2/c22-16-10-11-19(17(13-16)21(26)14-6-2-1-3-7-14)24-20(25)12-15-8-4-5-9-18(15)23/h1-11,13H,12H2,(H,24,25). The Morgan fingerprint density at radius 3 is 2.27 bits per heavy atom. The Morgan fingerprint density at radius 1 is 0.846 bits per heavy atom. The number of nitrogens with one attached hydrogen (secondary N) is 1. The van der Waals surface area contributed by atoms with Crippen molar-refractivity contribution in [2.24, 2.45) is 0 Å². The fourth-order valence-electron chi connectivity index (χ4n) is 2.57. The van der Waals surface area contributed by atoms with Gasteiger partial charge >= 0.3 is 0 Å². The first-order valence-electron chi connectivity index (χ1n) is 7.97. The van der Waals surface area contributed by atoms with Crippen LogP contribution in [0.1, 0.15) is 21.5 Å². The molecule has 0 saturated heterocycles. The average molecular weight is 384 g/mol. The summed E-state index contributed by atoms with van der Waals surface area (Å²) in [7, 11) is 0. The van der Waals surface area contributed by atoms with Crippen LogP contribution in [0.15, 0.2) is 72.8 Å². The molecule has 1 N–H and O–H groups in total. The zero-order valence-corrected chi connectivity index (χ0v) is 15.2. The molecule has 5 heteroatoms. The lowest BCUT2D eigenvalue weighted by atomic mass is 10.0. The first-order valence-corrected chi connectivity index (χ1v) is 8.73. The van der Waals surface area contributed by atoms with Crippen LogP contribution in [-0.2, 0) is 11.2 Å². The van der Waals surface area contributed by atoms with E-state index < -0.39 is 0 Å². The van der Waals surface area contributed by atoms with E-state index in [1.807, 2.05) is 12.1 Å². The molecule has 0 spiro atoms. The molecule has 1 amide bonds. The van der Waals surface area contributed by atoms with E-state index >= 15 is 0 Å². The maximum absolute atomic E-state index is 12.8. The molecule has 0 saturated carbocycles. The number of rotatable bonds is 5. The van der Waals surface area contributed by atoms with Crippen LogP contribution in [0.2, 0.25) is 10.0 Å². The van der Waals surface area contributed by atoms with E-state index in [1.54, 1.807) is 60.7 Å². The monoisotopic (exact) mass is 383 g/mol. The van der Waals surface area contributed by atoms with Crippen LogP contribution in [0, 0.1) is 0 Å². The lowest BCUT2D eigenvalue weighted by Gasteiger charge is -2.12. The molecule has 0 radical (unpaired) electrons. The van der Waals surface area contributed by atoms with Crippen molar-refractivity contribution in [3.05, 3.63) is 99.5 Å². The molecule has 3 aromatic rings. The SMILES string of the molecule is O=C(Cc1ccccc1Cl)Nc1ccc(Cl)cc1C(=O)c1ccccc1. The van der Waals surface area contributed by atoms with Gasteiger partial charge in [0.25, 0.3) is 0 Å². The Balaban J connectivity index is 1.85. The van der Waals surface area contributed by atoms with Gasteiger partial charge in [-0.15, -0.1) is 0 Å². The van der Waals surface area contributed by atoms with Crippen LogP contribution >= 0.6 is 23.2 Å². The number of carbonyl (C=O) groups excluding carboxylic acids is 2. The van der Waals surface area contributed by atoms with E-state index in [1.165, 1.54) is 0 Å². The second-order valence-electron chi connectivity index (χ2n) is 5.70. The summed E-state index contributed by atoms with van der Waals surface area (Å²) in [4.78, 5) is 25.2. The molecule has 3 aromatic carbocycles. The van der Waals surface area contributed by atoms with Gasteiger partial charge in [0.1, 0.15) is 0 Å². The molecule has 0 aliphatic rings. The van der Waals surface area contributed by atoms with Crippen molar-refractivity contribution < 1.29 is 9.59 Å². The molecule has 26 heavy (non-hydrogen) atoms. The minimum Gasteiger partial charge on any atom is -0.325 e. The molecule has 0 aromatic heterocycles. The van der Waals surface area contributed by atoms with E-state index in [-0.39, 0.29) is 18.1 Å². The molecule has 3 rings (SSSR count). The third-order valence-corrected chi connectivity index (χ3v) is 4.45. The summed E-state index contributed by atoms with van der Waals surface area (Å²) in [6, 6.07) is 20.8. The van der Waals surface area contributed by atoms with Crippen molar-refractivity contribution in [3.8, 4) is 0 Å². The molecule has 0 fully saturated rings. The van der Waals surface area contributed by atoms with Gasteiger partial charge in [-0.1, -0.05) is 71.7 Å². The van der Waals surface area contributed by atoms with Crippen molar-refractivity contribution in [1.82, 2.24) is 0 Å². The molecule has 3 nitrogen and oxygen atoms in total. The van der Waals surface area contributed by atoms with Gasteiger partial charge in [0.05, 0.1) is 12.1 Å². The van der Waals surface area contributed by atoms with Gasteiger partial charge in [0, 0.05) is 21.2 Å². The molecule has 0 unspecified atom stereocenters. The van der Waals surface area contributed by atoms with Gasteiger partial charge in [-0.3, -0.25) is 9.59 Å². The summed E-state index contributed by atoms with van der Waals surface area (Å²) in [5, 5.41) is 3.74. The Hall–Kier alpha value is -2.62. The number of carbonyl (C=O) groups is 2. The zero-order valence-electron chi connectivity index (χ0n) is 13.7. The normalized spacial score (nSPS) is 10.4. The van der Waals surface area contributed by atoms with Crippen molar-refractivity contribution in [2.75, 3.05) is 5.32 Å². The summed E-state index contributed by atoms with van der Waals surface area (Å²) in [6.45, 7) is 0. The Bertz CT molecular complexity index is 955. The second kappa shape index (κ2) is 8.17. The van der Waals surface area contributed by atoms with E-state index in [9.17, 15) is 9.59 Å². The number of ketones is 1. The molecule has 0 aliphatic carbocycles. The van der Waals surface area contributed by atoms with Crippen LogP contribution in [0.4, 0.5) is 5.69 Å². The van der Waals surface area contributed by atoms with Crippen LogP contribution in [-0.4, -0.2) is 11.7 Å². The Morgan fingerprint density at radius 2 is 1.54 bits per heavy atom. The predicted molar refractivity (Wildman–Crippen MR) is 105 cm³/mol. The van der Waals surface area contributed by atoms with E-state index in [2.05, 4.69) is 5.32 Å². The van der Waals surface area contributed by atoms with Crippen LogP contribution in [0.5, 0.6) is 0 Å². The first-order chi connectivity index (χ1) is 12.5. The van der Waals surface area contributed by atoms with E-state index in [0.717, 1.165) is 5.56 Å². The maximum atomic E-state index is 12.8. The summed E-state index contributed by atoms with van der Waals surface area (Å²) in [5.41, 5.74) is 2.00. The third kappa shape index (κ3) is 4.31. The minimum atomic E-state index is -0.262. The summed E-state index contributed by atoms with van der Waals surface area (Å²) in [6.07, 6.45) is 0.112. The van der Waals surface area contributed by atoms with Gasteiger partial charge < -0.3 is 5.32 Å². The van der Waals surface area contributed by atoms with E-state index in [4.69, 9.17) is 23.2 Å². The smallest absolute Gasteiger partial charge is 0.228 e. The third-order valence-electron chi connectivity index (χ3n) is 3.85. The van der Waals surface area contributed by atoms with Crippen molar-refractivity contribution in [2.45, 2.75) is 6.42 Å². The fourth-order valence-corrected chi connectivity index (χ4v) is 2.94. The summed E-state index contributed by atoms with van der Waals surface area (Å²) >= 11 is 12.2. The quantitative estimate of drug-likeness (QED) is 0.599. The lowest BCUT2D eigenvalue weighted by Crippen LogP contribution is -2.17. The van der Waals surface area contributed by atoms with Gasteiger partial charge in [-0.25, -0.2) is 0 Å². The van der Waals surface area contributed by atoms with Crippen LogP contribution in [0.25, 0.3) is 0 Å². The topological polar surface area (TPSA) is 46.2 Å². The van der Waals surface area contributed by atoms with Crippen molar-refractivity contribution in [3.63, 3.8) is 0 Å². The number of halogens is 2. The number of amides is 1. The molecule has 0 aliphatic heterocycles. The highest BCUT2D eigenvalue weighted by molar-refractivity contribution is 6.32. The predicted octanol–water partition coefficient (Wildman–Crippen LogP) is 5.41. The van der Waals surface area contributed by atoms with Gasteiger partial charge in [-0.2, -0.15) is 0 Å². The first kappa shape index (κ1) is 18.2. The number of hydrogen-bond acceptors (Lipinski definition) is 2. The van der Waals surface area contributed by atoms with Crippen LogP contribution < -0.4 is 5.32 Å². The zero-order chi connectivity index (χ0) is 18.5. The summed E-state index contributed by atoms with van der Waals surface area (Å²) < 4.78 is 0. The van der Waals surface area contributed by atoms with Crippen LogP contribution in [0.3, 0.4) is 0 Å². The van der Waals surface area contributed by atoms with Crippen molar-refractivity contribution in [1.29, 1.82) is 0 Å². The highest BCUT2D eigenvalue weighted by Crippen LogP contribution is 2.24. The maximum Gasteiger partial charge on any atom is 0.228 e. The molecule has 0 heterocycles. The Labute approximate surface area is 161 Å². The highest BCUT2D eigenvalue weighted by atomic mass is 35.5. The number of anilines is 1. The number of benzene rings is 3. The molecular weight excluding hydrogens is 369 g/mol. The van der Waals surface area contributed by atoms with E-state index in [0.29, 0.717) is 26.9 Å². The largest absolute Gasteiger partial charge is 0.325 e. The number of hydrogen-bond donors (Lipinski definition) is 1. The van der Waals surface area contributed by atoms with Crippen molar-refractivity contribution >= 4 is 40.6 Å². The molecule has 0 atom stereocenters. The fraction of sp³-hybridized carbons (Fsp3) is 0.0476. The second-order valence-corrected chi connectivity index (χ2v) is 6.55. The highest BCUT2D eigenvalue weighted by Gasteiger charge is 2.16. The molecule has 0 bridgehead atoms. The average Bonchev–Trinajstić information content (AvgIpc) is 2.65. The summed E-state index contributed by atoms with van der Waals surface area (Å²) in [5.74, 6) is -0.469. The van der Waals surface area contributed by atoms with Gasteiger partial charge in [-0.05, 0) is 29.8 Å². The molecular formula is C21H15Cl2NO2. The van der Waals surface area contributed by atoms with Gasteiger partial charge in [0.15, 0.2) is 5.78 Å². The Kier molecular flexibility index (Phi) is 5.71. The minimum absolute atomic E-state index is 0.112. The van der Waals surface area contributed by atoms with Gasteiger partial charge in [0.2, 0.25) is 5.91 Å². The lowest BCUT2D eigenvalue weighted by molar-refractivity contribution is -0.115.